The third-order valence-corrected chi connectivity index (χ3v) is 3.62. The fourth-order valence-corrected chi connectivity index (χ4v) is 2.70. The van der Waals surface area contributed by atoms with Crippen LogP contribution in [0.5, 0.6) is 0 Å². The van der Waals surface area contributed by atoms with E-state index in [9.17, 15) is 0 Å². The lowest BCUT2D eigenvalue weighted by atomic mass is 10.3. The summed E-state index contributed by atoms with van der Waals surface area (Å²) in [5.74, 6) is 0.663. The van der Waals surface area contributed by atoms with Crippen LogP contribution in [0.15, 0.2) is 15.9 Å². The van der Waals surface area contributed by atoms with Crippen LogP contribution in [0.3, 0.4) is 0 Å². The highest BCUT2D eigenvalue weighted by Crippen LogP contribution is 2.42. The molecular formula is C7H8BrNS. The van der Waals surface area contributed by atoms with Crippen molar-refractivity contribution in [2.24, 2.45) is 5.73 Å². The lowest BCUT2D eigenvalue weighted by molar-refractivity contribution is 1.01. The minimum absolute atomic E-state index is 0.436. The zero-order chi connectivity index (χ0) is 7.14. The first-order chi connectivity index (χ1) is 4.77. The van der Waals surface area contributed by atoms with Gasteiger partial charge >= 0.3 is 0 Å². The third kappa shape index (κ3) is 1.13. The maximum absolute atomic E-state index is 5.70. The van der Waals surface area contributed by atoms with Gasteiger partial charge in [-0.1, -0.05) is 0 Å². The molecule has 2 rings (SSSR count). The van der Waals surface area contributed by atoms with Crippen LogP contribution >= 0.6 is 27.3 Å². The van der Waals surface area contributed by atoms with Gasteiger partial charge in [-0.3, -0.25) is 0 Å². The third-order valence-electron chi connectivity index (χ3n) is 1.79. The quantitative estimate of drug-likeness (QED) is 0.769. The van der Waals surface area contributed by atoms with Crippen LogP contribution in [-0.4, -0.2) is 6.04 Å². The molecule has 3 heteroatoms. The Labute approximate surface area is 72.4 Å². The number of nitrogens with two attached hydrogens (primary N) is 1. The second kappa shape index (κ2) is 2.32. The second-order valence-corrected chi connectivity index (χ2v) is 4.53. The number of hydrogen-bond donors (Lipinski definition) is 1. The van der Waals surface area contributed by atoms with Gasteiger partial charge in [0.2, 0.25) is 0 Å². The van der Waals surface area contributed by atoms with Crippen molar-refractivity contribution < 1.29 is 0 Å². The van der Waals surface area contributed by atoms with Crippen molar-refractivity contribution in [1.29, 1.82) is 0 Å². The molecule has 1 saturated carbocycles. The summed E-state index contributed by atoms with van der Waals surface area (Å²) in [6.45, 7) is 0. The molecule has 0 aliphatic heterocycles. The summed E-state index contributed by atoms with van der Waals surface area (Å²) in [5.41, 5.74) is 5.70. The van der Waals surface area contributed by atoms with Crippen LogP contribution in [0.25, 0.3) is 0 Å². The minimum atomic E-state index is 0.436. The molecule has 0 bridgehead atoms. The Hall–Kier alpha value is 0.140. The van der Waals surface area contributed by atoms with Gasteiger partial charge in [0.25, 0.3) is 0 Å². The summed E-state index contributed by atoms with van der Waals surface area (Å²) in [6.07, 6.45) is 1.17. The SMILES string of the molecule is N[C@@H]1C[C@H]1c1cc(Br)cs1. The van der Waals surface area contributed by atoms with Crippen molar-refractivity contribution in [3.63, 3.8) is 0 Å². The van der Waals surface area contributed by atoms with Crippen LogP contribution in [0.1, 0.15) is 17.2 Å². The van der Waals surface area contributed by atoms with Crippen molar-refractivity contribution in [2.45, 2.75) is 18.4 Å². The molecule has 1 nitrogen and oxygen atoms in total. The first-order valence-electron chi connectivity index (χ1n) is 3.27. The number of halogens is 1. The molecule has 1 aliphatic rings. The molecule has 0 aromatic carbocycles. The Morgan fingerprint density at radius 1 is 1.70 bits per heavy atom. The van der Waals surface area contributed by atoms with E-state index in [0.29, 0.717) is 12.0 Å². The van der Waals surface area contributed by atoms with Crippen LogP contribution < -0.4 is 5.73 Å². The van der Waals surface area contributed by atoms with Gasteiger partial charge in [-0.15, -0.1) is 11.3 Å². The molecule has 0 saturated heterocycles. The zero-order valence-electron chi connectivity index (χ0n) is 5.38. The van der Waals surface area contributed by atoms with Crippen molar-refractivity contribution >= 4 is 27.3 Å². The molecule has 54 valence electrons. The minimum Gasteiger partial charge on any atom is -0.327 e. The van der Waals surface area contributed by atoms with Crippen molar-refractivity contribution in [2.75, 3.05) is 0 Å². The summed E-state index contributed by atoms with van der Waals surface area (Å²) in [7, 11) is 0. The number of hydrogen-bond acceptors (Lipinski definition) is 2. The molecule has 2 atom stereocenters. The average molecular weight is 218 g/mol. The lowest BCUT2D eigenvalue weighted by Crippen LogP contribution is -1.99. The summed E-state index contributed by atoms with van der Waals surface area (Å²) >= 11 is 5.21. The predicted octanol–water partition coefficient (Wildman–Crippen LogP) is 2.33. The molecule has 1 heterocycles. The Bertz CT molecular complexity index is 246. The molecule has 0 radical (unpaired) electrons. The second-order valence-electron chi connectivity index (χ2n) is 2.67. The van der Waals surface area contributed by atoms with E-state index in [-0.39, 0.29) is 0 Å². The van der Waals surface area contributed by atoms with E-state index in [0.717, 1.165) is 0 Å². The fraction of sp³-hybridized carbons (Fsp3) is 0.429. The van der Waals surface area contributed by atoms with E-state index >= 15 is 0 Å². The Kier molecular flexibility index (Phi) is 1.59. The molecule has 1 aliphatic carbocycles. The molecule has 1 fully saturated rings. The molecular weight excluding hydrogens is 210 g/mol. The van der Waals surface area contributed by atoms with E-state index in [4.69, 9.17) is 5.73 Å². The lowest BCUT2D eigenvalue weighted by Gasteiger charge is -1.86. The Morgan fingerprint density at radius 2 is 2.40 bits per heavy atom. The topological polar surface area (TPSA) is 26.0 Å². The molecule has 1 aromatic rings. The molecule has 1 aromatic heterocycles. The average Bonchev–Trinajstić information content (AvgIpc) is 2.42. The van der Waals surface area contributed by atoms with E-state index in [1.807, 2.05) is 0 Å². The summed E-state index contributed by atoms with van der Waals surface area (Å²) in [5, 5.41) is 2.11. The molecule has 0 spiro atoms. The normalized spacial score (nSPS) is 30.6. The van der Waals surface area contributed by atoms with Gasteiger partial charge < -0.3 is 5.73 Å². The van der Waals surface area contributed by atoms with Crippen molar-refractivity contribution in [3.8, 4) is 0 Å². The van der Waals surface area contributed by atoms with Gasteiger partial charge in [-0.2, -0.15) is 0 Å². The molecule has 2 N–H and O–H groups in total. The van der Waals surface area contributed by atoms with Gasteiger partial charge in [0.15, 0.2) is 0 Å². The van der Waals surface area contributed by atoms with Crippen LogP contribution in [0, 0.1) is 0 Å². The monoisotopic (exact) mass is 217 g/mol. The molecule has 10 heavy (non-hydrogen) atoms. The van der Waals surface area contributed by atoms with Crippen molar-refractivity contribution in [3.05, 3.63) is 20.8 Å². The summed E-state index contributed by atoms with van der Waals surface area (Å²) < 4.78 is 1.19. The number of thiophene rings is 1. The Morgan fingerprint density at radius 3 is 2.80 bits per heavy atom. The standard InChI is InChI=1S/C7H8BrNS/c8-4-1-7(10-3-4)5-2-6(5)9/h1,3,5-6H,2,9H2/t5-,6-/m1/s1. The number of rotatable bonds is 1. The fourth-order valence-electron chi connectivity index (χ4n) is 1.06. The highest BCUT2D eigenvalue weighted by molar-refractivity contribution is 9.10. The highest BCUT2D eigenvalue weighted by Gasteiger charge is 2.35. The van der Waals surface area contributed by atoms with Gasteiger partial charge in [0.1, 0.15) is 0 Å². The zero-order valence-corrected chi connectivity index (χ0v) is 7.78. The first-order valence-corrected chi connectivity index (χ1v) is 4.94. The van der Waals surface area contributed by atoms with E-state index in [1.54, 1.807) is 11.3 Å². The molecule has 0 amide bonds. The van der Waals surface area contributed by atoms with E-state index in [2.05, 4.69) is 27.4 Å². The van der Waals surface area contributed by atoms with Gasteiger partial charge in [0, 0.05) is 26.7 Å². The smallest absolute Gasteiger partial charge is 0.0285 e. The predicted molar refractivity (Wildman–Crippen MR) is 47.4 cm³/mol. The van der Waals surface area contributed by atoms with Gasteiger partial charge in [-0.05, 0) is 28.4 Å². The van der Waals surface area contributed by atoms with Gasteiger partial charge in [0.05, 0.1) is 0 Å². The summed E-state index contributed by atoms with van der Waals surface area (Å²) in [6, 6.07) is 2.60. The van der Waals surface area contributed by atoms with Crippen molar-refractivity contribution in [1.82, 2.24) is 0 Å². The summed E-state index contributed by atoms with van der Waals surface area (Å²) in [4.78, 5) is 1.43. The maximum Gasteiger partial charge on any atom is 0.0285 e. The van der Waals surface area contributed by atoms with Crippen LogP contribution in [-0.2, 0) is 0 Å². The van der Waals surface area contributed by atoms with Crippen LogP contribution in [0.2, 0.25) is 0 Å². The highest BCUT2D eigenvalue weighted by atomic mass is 79.9. The largest absolute Gasteiger partial charge is 0.327 e. The van der Waals surface area contributed by atoms with E-state index in [1.165, 1.54) is 15.8 Å². The van der Waals surface area contributed by atoms with E-state index < -0.39 is 0 Å². The maximum atomic E-state index is 5.70. The van der Waals surface area contributed by atoms with Gasteiger partial charge in [-0.25, -0.2) is 0 Å². The Balaban J connectivity index is 2.20. The van der Waals surface area contributed by atoms with Crippen LogP contribution in [0.4, 0.5) is 0 Å². The molecule has 0 unspecified atom stereocenters. The first kappa shape index (κ1) is 6.83.